The Labute approximate surface area is 167 Å². The van der Waals surface area contributed by atoms with Gasteiger partial charge in [-0.1, -0.05) is 30.3 Å². The number of halogens is 1. The van der Waals surface area contributed by atoms with Crippen LogP contribution < -0.4 is 10.8 Å². The molecule has 1 unspecified atom stereocenters. The molecule has 0 aliphatic rings. The molecule has 144 valence electrons. The average molecular weight is 398 g/mol. The SMILES string of the molecule is COC(Nc1ccc(F)cc1)c1ccc(SCc2ccccc2B(O)O)nc1. The van der Waals surface area contributed by atoms with Gasteiger partial charge in [0, 0.05) is 30.3 Å². The van der Waals surface area contributed by atoms with Crippen LogP contribution in [0.25, 0.3) is 0 Å². The van der Waals surface area contributed by atoms with E-state index in [9.17, 15) is 14.4 Å². The molecular formula is C20H20BFN2O3S. The van der Waals surface area contributed by atoms with Gasteiger partial charge in [-0.05, 0) is 41.4 Å². The Hall–Kier alpha value is -2.39. The molecule has 1 aromatic heterocycles. The number of pyridine rings is 1. The molecule has 3 N–H and O–H groups in total. The third kappa shape index (κ3) is 5.33. The Morgan fingerprint density at radius 1 is 1.11 bits per heavy atom. The third-order valence-corrected chi connectivity index (χ3v) is 5.14. The fourth-order valence-electron chi connectivity index (χ4n) is 2.68. The van der Waals surface area contributed by atoms with E-state index in [1.807, 2.05) is 24.3 Å². The zero-order valence-corrected chi connectivity index (χ0v) is 16.1. The highest BCUT2D eigenvalue weighted by molar-refractivity contribution is 7.98. The fraction of sp³-hybridized carbons (Fsp3) is 0.150. The summed E-state index contributed by atoms with van der Waals surface area (Å²) in [6.45, 7) is 0. The van der Waals surface area contributed by atoms with Gasteiger partial charge >= 0.3 is 7.12 Å². The zero-order valence-electron chi connectivity index (χ0n) is 15.2. The van der Waals surface area contributed by atoms with Crippen LogP contribution >= 0.6 is 11.8 Å². The van der Waals surface area contributed by atoms with Crippen LogP contribution in [0.2, 0.25) is 0 Å². The first-order valence-electron chi connectivity index (χ1n) is 8.64. The van der Waals surface area contributed by atoms with E-state index in [-0.39, 0.29) is 5.82 Å². The number of hydrogen-bond acceptors (Lipinski definition) is 6. The second-order valence-corrected chi connectivity index (χ2v) is 7.05. The first kappa shape index (κ1) is 20.4. The molecule has 1 atom stereocenters. The van der Waals surface area contributed by atoms with Crippen LogP contribution in [0.15, 0.2) is 71.9 Å². The number of nitrogens with one attached hydrogen (secondary N) is 1. The second kappa shape index (κ2) is 9.70. The summed E-state index contributed by atoms with van der Waals surface area (Å²) in [7, 11) is 0.0909. The van der Waals surface area contributed by atoms with Gasteiger partial charge in [0.2, 0.25) is 0 Å². The standard InChI is InChI=1S/C20H20BFN2O3S/c1-27-20(24-17-9-7-16(22)8-10-17)14-6-11-19(23-12-14)28-13-15-4-2-3-5-18(15)21(25)26/h2-12,20,24-26H,13H2,1H3. The van der Waals surface area contributed by atoms with E-state index in [4.69, 9.17) is 4.74 Å². The average Bonchev–Trinajstić information content (AvgIpc) is 2.72. The van der Waals surface area contributed by atoms with E-state index in [1.54, 1.807) is 37.6 Å². The predicted molar refractivity (Wildman–Crippen MR) is 110 cm³/mol. The van der Waals surface area contributed by atoms with Crippen molar-refractivity contribution < 1.29 is 19.2 Å². The number of nitrogens with zero attached hydrogens (tertiary/aromatic N) is 1. The van der Waals surface area contributed by atoms with Gasteiger partial charge in [0.1, 0.15) is 5.82 Å². The van der Waals surface area contributed by atoms with Crippen molar-refractivity contribution in [1.82, 2.24) is 4.98 Å². The van der Waals surface area contributed by atoms with Crippen molar-refractivity contribution in [3.63, 3.8) is 0 Å². The molecule has 0 bridgehead atoms. The lowest BCUT2D eigenvalue weighted by atomic mass is 9.77. The summed E-state index contributed by atoms with van der Waals surface area (Å²) in [6.07, 6.45) is 1.31. The lowest BCUT2D eigenvalue weighted by Gasteiger charge is -2.18. The van der Waals surface area contributed by atoms with E-state index in [0.29, 0.717) is 11.2 Å². The van der Waals surface area contributed by atoms with Crippen LogP contribution in [0.5, 0.6) is 0 Å². The maximum absolute atomic E-state index is 13.0. The van der Waals surface area contributed by atoms with Gasteiger partial charge in [-0.25, -0.2) is 9.37 Å². The molecular weight excluding hydrogens is 378 g/mol. The number of aromatic nitrogens is 1. The summed E-state index contributed by atoms with van der Waals surface area (Å²) in [5.41, 5.74) is 2.92. The van der Waals surface area contributed by atoms with Gasteiger partial charge < -0.3 is 20.1 Å². The Balaban J connectivity index is 1.64. The summed E-state index contributed by atoms with van der Waals surface area (Å²) in [4.78, 5) is 4.45. The van der Waals surface area contributed by atoms with Crippen molar-refractivity contribution in [2.75, 3.05) is 12.4 Å². The van der Waals surface area contributed by atoms with Gasteiger partial charge in [0.05, 0.1) is 5.03 Å². The minimum absolute atomic E-state index is 0.294. The van der Waals surface area contributed by atoms with Crippen LogP contribution in [0.1, 0.15) is 17.4 Å². The van der Waals surface area contributed by atoms with Gasteiger partial charge in [-0.3, -0.25) is 0 Å². The minimum Gasteiger partial charge on any atom is -0.423 e. The molecule has 2 aromatic carbocycles. The zero-order chi connectivity index (χ0) is 19.9. The van der Waals surface area contributed by atoms with E-state index in [1.165, 1.54) is 23.9 Å². The van der Waals surface area contributed by atoms with Crippen molar-refractivity contribution in [1.29, 1.82) is 0 Å². The Bertz CT molecular complexity index is 895. The monoisotopic (exact) mass is 398 g/mol. The first-order valence-corrected chi connectivity index (χ1v) is 9.63. The molecule has 0 spiro atoms. The highest BCUT2D eigenvalue weighted by Gasteiger charge is 2.15. The number of anilines is 1. The van der Waals surface area contributed by atoms with Crippen LogP contribution in [-0.2, 0) is 10.5 Å². The second-order valence-electron chi connectivity index (χ2n) is 6.06. The molecule has 0 fully saturated rings. The highest BCUT2D eigenvalue weighted by atomic mass is 32.2. The number of rotatable bonds is 8. The first-order chi connectivity index (χ1) is 13.6. The summed E-state index contributed by atoms with van der Waals surface area (Å²) in [5, 5.41) is 22.9. The molecule has 0 saturated heterocycles. The fourth-order valence-corrected chi connectivity index (χ4v) is 3.54. The summed E-state index contributed by atoms with van der Waals surface area (Å²) >= 11 is 1.50. The van der Waals surface area contributed by atoms with Crippen molar-refractivity contribution in [3.05, 3.63) is 83.8 Å². The smallest absolute Gasteiger partial charge is 0.423 e. The number of benzene rings is 2. The maximum atomic E-state index is 13.0. The number of thioether (sulfide) groups is 1. The lowest BCUT2D eigenvalue weighted by molar-refractivity contribution is 0.126. The molecule has 3 aromatic rings. The summed E-state index contributed by atoms with van der Waals surface area (Å²) in [5.74, 6) is 0.277. The molecule has 0 aliphatic heterocycles. The molecule has 3 rings (SSSR count). The number of ether oxygens (including phenoxy) is 1. The molecule has 1 heterocycles. The molecule has 0 saturated carbocycles. The van der Waals surface area contributed by atoms with E-state index in [2.05, 4.69) is 10.3 Å². The lowest BCUT2D eigenvalue weighted by Crippen LogP contribution is -2.32. The van der Waals surface area contributed by atoms with Crippen LogP contribution in [0, 0.1) is 5.82 Å². The quantitative estimate of drug-likeness (QED) is 0.308. The van der Waals surface area contributed by atoms with Gasteiger partial charge in [0.15, 0.2) is 6.23 Å². The number of methoxy groups -OCH3 is 1. The summed E-state index contributed by atoms with van der Waals surface area (Å²) < 4.78 is 18.5. The van der Waals surface area contributed by atoms with Crippen LogP contribution in [0.3, 0.4) is 0 Å². The highest BCUT2D eigenvalue weighted by Crippen LogP contribution is 2.24. The molecule has 28 heavy (non-hydrogen) atoms. The maximum Gasteiger partial charge on any atom is 0.488 e. The Morgan fingerprint density at radius 2 is 1.86 bits per heavy atom. The third-order valence-electron chi connectivity index (χ3n) is 4.15. The number of hydrogen-bond donors (Lipinski definition) is 3. The van der Waals surface area contributed by atoms with Crippen molar-refractivity contribution in [3.8, 4) is 0 Å². The van der Waals surface area contributed by atoms with E-state index in [0.717, 1.165) is 21.8 Å². The largest absolute Gasteiger partial charge is 0.488 e. The van der Waals surface area contributed by atoms with Crippen LogP contribution in [-0.4, -0.2) is 29.3 Å². The molecule has 0 radical (unpaired) electrons. The Kier molecular flexibility index (Phi) is 7.05. The molecule has 0 amide bonds. The van der Waals surface area contributed by atoms with Gasteiger partial charge in [-0.2, -0.15) is 0 Å². The predicted octanol–water partition coefficient (Wildman–Crippen LogP) is 2.95. The van der Waals surface area contributed by atoms with Crippen LogP contribution in [0.4, 0.5) is 10.1 Å². The van der Waals surface area contributed by atoms with Crippen molar-refractivity contribution >= 4 is 30.0 Å². The van der Waals surface area contributed by atoms with Gasteiger partial charge in [0.25, 0.3) is 0 Å². The molecule has 8 heteroatoms. The normalized spacial score (nSPS) is 11.9. The summed E-state index contributed by atoms with van der Waals surface area (Å²) in [6, 6.07) is 17.0. The van der Waals surface area contributed by atoms with Crippen molar-refractivity contribution in [2.24, 2.45) is 0 Å². The van der Waals surface area contributed by atoms with E-state index < -0.39 is 13.3 Å². The molecule has 5 nitrogen and oxygen atoms in total. The van der Waals surface area contributed by atoms with Crippen molar-refractivity contribution in [2.45, 2.75) is 17.0 Å². The van der Waals surface area contributed by atoms with E-state index >= 15 is 0 Å². The molecule has 0 aliphatic carbocycles. The topological polar surface area (TPSA) is 74.6 Å². The van der Waals surface area contributed by atoms with Gasteiger partial charge in [-0.15, -0.1) is 11.8 Å². The Morgan fingerprint density at radius 3 is 2.50 bits per heavy atom. The minimum atomic E-state index is -1.49.